The first kappa shape index (κ1) is 23.2. The van der Waals surface area contributed by atoms with Crippen molar-refractivity contribution in [2.24, 2.45) is 0 Å². The maximum Gasteiger partial charge on any atom is 0.119 e. The van der Waals surface area contributed by atoms with Crippen LogP contribution in [0.4, 0.5) is 0 Å². The average Bonchev–Trinajstić information content (AvgIpc) is 3.15. The largest absolute Gasteiger partial charge is 0.508 e. The Bertz CT molecular complexity index is 1160. The molecular weight excluding hydrogens is 428 g/mol. The summed E-state index contributed by atoms with van der Waals surface area (Å²) in [4.78, 5) is 0. The lowest BCUT2D eigenvalue weighted by Crippen LogP contribution is -2.27. The summed E-state index contributed by atoms with van der Waals surface area (Å²) >= 11 is 0. The minimum atomic E-state index is -0.116. The molecule has 0 amide bonds. The molecule has 0 aliphatic heterocycles. The number of benzene rings is 4. The maximum absolute atomic E-state index is 10.7. The van der Waals surface area contributed by atoms with Crippen LogP contribution >= 0.6 is 0 Å². The van der Waals surface area contributed by atoms with Gasteiger partial charge in [-0.1, -0.05) is 111 Å². The van der Waals surface area contributed by atoms with E-state index < -0.39 is 0 Å². The first-order valence-corrected chi connectivity index (χ1v) is 12.9. The molecule has 2 nitrogen and oxygen atoms in total. The Morgan fingerprint density at radius 2 is 0.943 bits per heavy atom. The Balaban J connectivity index is 1.57. The minimum absolute atomic E-state index is 0.116. The molecule has 0 bridgehead atoms. The second-order valence-electron chi connectivity index (χ2n) is 10.0. The van der Waals surface area contributed by atoms with Gasteiger partial charge in [0.2, 0.25) is 0 Å². The Labute approximate surface area is 208 Å². The van der Waals surface area contributed by atoms with Gasteiger partial charge >= 0.3 is 0 Å². The molecule has 0 spiro atoms. The van der Waals surface area contributed by atoms with E-state index in [1.165, 1.54) is 47.9 Å². The van der Waals surface area contributed by atoms with E-state index in [4.69, 9.17) is 0 Å². The minimum Gasteiger partial charge on any atom is -0.508 e. The summed E-state index contributed by atoms with van der Waals surface area (Å²) in [6.07, 6.45) is 8.47. The molecule has 0 saturated heterocycles. The fourth-order valence-corrected chi connectivity index (χ4v) is 5.76. The lowest BCUT2D eigenvalue weighted by atomic mass is 9.68. The number of hydrogen-bond acceptors (Lipinski definition) is 2. The third-order valence-electron chi connectivity index (χ3n) is 7.70. The van der Waals surface area contributed by atoms with Gasteiger partial charge in [-0.25, -0.2) is 0 Å². The van der Waals surface area contributed by atoms with Crippen LogP contribution in [-0.2, 0) is 18.3 Å². The molecule has 2 heteroatoms. The number of rotatable bonds is 6. The summed E-state index contributed by atoms with van der Waals surface area (Å²) in [5, 5.41) is 21.4. The van der Waals surface area contributed by atoms with Gasteiger partial charge in [-0.2, -0.15) is 0 Å². The topological polar surface area (TPSA) is 40.5 Å². The van der Waals surface area contributed by atoms with Crippen molar-refractivity contribution in [1.29, 1.82) is 0 Å². The zero-order valence-electron chi connectivity index (χ0n) is 20.3. The summed E-state index contributed by atoms with van der Waals surface area (Å²) < 4.78 is 0. The van der Waals surface area contributed by atoms with Gasteiger partial charge in [0.15, 0.2) is 0 Å². The Morgan fingerprint density at radius 3 is 1.37 bits per heavy atom. The molecule has 0 radical (unpaired) electrons. The van der Waals surface area contributed by atoms with E-state index in [0.29, 0.717) is 24.3 Å². The molecule has 1 fully saturated rings. The van der Waals surface area contributed by atoms with E-state index in [1.807, 2.05) is 48.5 Å². The Hall–Kier alpha value is -3.52. The van der Waals surface area contributed by atoms with Crippen LogP contribution in [0.3, 0.4) is 0 Å². The highest BCUT2D eigenvalue weighted by Crippen LogP contribution is 2.46. The quantitative estimate of drug-likeness (QED) is 0.286. The van der Waals surface area contributed by atoms with E-state index in [1.54, 1.807) is 0 Å². The van der Waals surface area contributed by atoms with Crippen molar-refractivity contribution in [1.82, 2.24) is 0 Å². The molecule has 4 aromatic carbocycles. The van der Waals surface area contributed by atoms with Gasteiger partial charge in [-0.15, -0.1) is 0 Å². The van der Waals surface area contributed by atoms with E-state index in [-0.39, 0.29) is 5.41 Å². The van der Waals surface area contributed by atoms with Crippen LogP contribution < -0.4 is 0 Å². The predicted molar refractivity (Wildman–Crippen MR) is 143 cm³/mol. The van der Waals surface area contributed by atoms with Crippen molar-refractivity contribution < 1.29 is 10.2 Å². The van der Waals surface area contributed by atoms with E-state index >= 15 is 0 Å². The molecule has 1 aliphatic rings. The first-order chi connectivity index (χ1) is 17.1. The van der Waals surface area contributed by atoms with Crippen LogP contribution in [-0.4, -0.2) is 10.2 Å². The molecule has 5 rings (SSSR count). The van der Waals surface area contributed by atoms with Crippen molar-refractivity contribution in [2.45, 2.75) is 56.8 Å². The van der Waals surface area contributed by atoms with Crippen molar-refractivity contribution in [2.75, 3.05) is 0 Å². The fourth-order valence-electron chi connectivity index (χ4n) is 5.76. The molecule has 4 aromatic rings. The van der Waals surface area contributed by atoms with Gasteiger partial charge in [-0.3, -0.25) is 0 Å². The zero-order chi connectivity index (χ0) is 24.1. The maximum atomic E-state index is 10.7. The molecular formula is C33H34O2. The monoisotopic (exact) mass is 462 g/mol. The highest BCUT2D eigenvalue weighted by molar-refractivity contribution is 5.50. The molecule has 178 valence electrons. The van der Waals surface area contributed by atoms with E-state index in [2.05, 4.69) is 48.5 Å². The summed E-state index contributed by atoms with van der Waals surface area (Å²) in [6.45, 7) is 0. The van der Waals surface area contributed by atoms with Crippen LogP contribution in [0.15, 0.2) is 97.1 Å². The Kier molecular flexibility index (Phi) is 6.90. The van der Waals surface area contributed by atoms with Gasteiger partial charge in [0.1, 0.15) is 11.5 Å². The zero-order valence-corrected chi connectivity index (χ0v) is 20.3. The van der Waals surface area contributed by atoms with Gasteiger partial charge in [0.25, 0.3) is 0 Å². The van der Waals surface area contributed by atoms with Crippen LogP contribution in [0.25, 0.3) is 0 Å². The van der Waals surface area contributed by atoms with Crippen molar-refractivity contribution in [3.05, 3.63) is 130 Å². The molecule has 0 unspecified atom stereocenters. The summed E-state index contributed by atoms with van der Waals surface area (Å²) in [7, 11) is 0. The molecule has 1 saturated carbocycles. The fraction of sp³-hybridized carbons (Fsp3) is 0.273. The van der Waals surface area contributed by atoms with Crippen molar-refractivity contribution in [3.63, 3.8) is 0 Å². The average molecular weight is 463 g/mol. The predicted octanol–water partition coefficient (Wildman–Crippen LogP) is 7.92. The number of phenolic OH excluding ortho intramolecular Hbond substituents is 2. The van der Waals surface area contributed by atoms with E-state index in [0.717, 1.165) is 24.0 Å². The molecule has 0 heterocycles. The van der Waals surface area contributed by atoms with Crippen LogP contribution in [0.2, 0.25) is 0 Å². The van der Waals surface area contributed by atoms with Crippen LogP contribution in [0, 0.1) is 0 Å². The second-order valence-corrected chi connectivity index (χ2v) is 10.0. The van der Waals surface area contributed by atoms with Gasteiger partial charge in [0, 0.05) is 18.3 Å². The highest BCUT2D eigenvalue weighted by atomic mass is 16.3. The van der Waals surface area contributed by atoms with Gasteiger partial charge in [-0.05, 0) is 58.4 Å². The SMILES string of the molecule is Oc1ccc(C2(c3ccc(O)c(Cc4ccccc4)c3)CCCCCC2)cc1Cc1ccccc1. The van der Waals surface area contributed by atoms with Gasteiger partial charge < -0.3 is 10.2 Å². The molecule has 1 aliphatic carbocycles. The third kappa shape index (κ3) is 5.12. The molecule has 0 atom stereocenters. The number of hydrogen-bond donors (Lipinski definition) is 2. The Morgan fingerprint density at radius 1 is 0.514 bits per heavy atom. The second kappa shape index (κ2) is 10.4. The standard InChI is InChI=1S/C33H34O2/c34-31-17-15-29(23-27(31)21-25-11-5-3-6-12-25)33(19-9-1-2-10-20-33)30-16-18-32(35)28(24-30)22-26-13-7-4-8-14-26/h3-8,11-18,23-24,34-35H,1-2,9-10,19-22H2. The van der Waals surface area contributed by atoms with Crippen molar-refractivity contribution >= 4 is 0 Å². The highest BCUT2D eigenvalue weighted by Gasteiger charge is 2.35. The van der Waals surface area contributed by atoms with Crippen molar-refractivity contribution in [3.8, 4) is 11.5 Å². The normalized spacial score (nSPS) is 15.4. The van der Waals surface area contributed by atoms with Gasteiger partial charge in [0.05, 0.1) is 0 Å². The number of phenols is 2. The molecule has 0 aromatic heterocycles. The summed E-state index contributed by atoms with van der Waals surface area (Å²) in [6, 6.07) is 33.2. The molecule has 2 N–H and O–H groups in total. The lowest BCUT2D eigenvalue weighted by Gasteiger charge is -2.35. The lowest BCUT2D eigenvalue weighted by molar-refractivity contribution is 0.437. The van der Waals surface area contributed by atoms with Crippen LogP contribution in [0.1, 0.15) is 71.9 Å². The summed E-state index contributed by atoms with van der Waals surface area (Å²) in [5.74, 6) is 0.716. The van der Waals surface area contributed by atoms with E-state index in [9.17, 15) is 10.2 Å². The molecule has 35 heavy (non-hydrogen) atoms. The third-order valence-corrected chi connectivity index (χ3v) is 7.70. The smallest absolute Gasteiger partial charge is 0.119 e. The van der Waals surface area contributed by atoms with Crippen LogP contribution in [0.5, 0.6) is 11.5 Å². The summed E-state index contributed by atoms with van der Waals surface area (Å²) in [5.41, 5.74) is 6.78. The first-order valence-electron chi connectivity index (χ1n) is 12.9. The number of aromatic hydroxyl groups is 2.